The Morgan fingerprint density at radius 1 is 1.39 bits per heavy atom. The van der Waals surface area contributed by atoms with Crippen molar-refractivity contribution in [3.63, 3.8) is 0 Å². The summed E-state index contributed by atoms with van der Waals surface area (Å²) in [6.07, 6.45) is 5.56. The van der Waals surface area contributed by atoms with Crippen LogP contribution in [0.1, 0.15) is 42.4 Å². The monoisotopic (exact) mass is 264 g/mol. The highest BCUT2D eigenvalue weighted by Crippen LogP contribution is 2.27. The van der Waals surface area contributed by atoms with Gasteiger partial charge in [0.25, 0.3) is 0 Å². The van der Waals surface area contributed by atoms with Crippen LogP contribution < -0.4 is 0 Å². The van der Waals surface area contributed by atoms with Gasteiger partial charge in [-0.25, -0.2) is 0 Å². The summed E-state index contributed by atoms with van der Waals surface area (Å²) in [5.74, 6) is 6.28. The summed E-state index contributed by atoms with van der Waals surface area (Å²) >= 11 is 1.65. The van der Waals surface area contributed by atoms with Crippen molar-refractivity contribution in [2.75, 3.05) is 6.61 Å². The first-order chi connectivity index (χ1) is 8.79. The lowest BCUT2D eigenvalue weighted by Gasteiger charge is -2.28. The van der Waals surface area contributed by atoms with Gasteiger partial charge in [0.1, 0.15) is 6.61 Å². The van der Waals surface area contributed by atoms with Crippen molar-refractivity contribution in [2.45, 2.75) is 45.3 Å². The molecule has 2 rings (SSSR count). The summed E-state index contributed by atoms with van der Waals surface area (Å²) in [5.41, 5.74) is 0. The summed E-state index contributed by atoms with van der Waals surface area (Å²) in [7, 11) is 0. The van der Waals surface area contributed by atoms with Gasteiger partial charge in [0.05, 0.1) is 17.6 Å². The second-order valence-corrected chi connectivity index (χ2v) is 6.01. The van der Waals surface area contributed by atoms with Crippen LogP contribution in [-0.4, -0.2) is 17.8 Å². The standard InChI is InChI=1S/C15H20O2S/c1-12-5-2-3-7-15(12)17-11-14-9-8-13(18-14)6-4-10-16/h8-9,12,15-16H,2-3,5,7,10-11H2,1H3. The SMILES string of the molecule is CC1CCCCC1OCc1ccc(C#CCO)s1. The molecule has 1 heterocycles. The van der Waals surface area contributed by atoms with Gasteiger partial charge in [-0.3, -0.25) is 0 Å². The molecule has 0 radical (unpaired) electrons. The van der Waals surface area contributed by atoms with Crippen LogP contribution in [0.25, 0.3) is 0 Å². The average molecular weight is 264 g/mol. The van der Waals surface area contributed by atoms with E-state index >= 15 is 0 Å². The predicted molar refractivity (Wildman–Crippen MR) is 74.5 cm³/mol. The second kappa shape index (κ2) is 6.94. The predicted octanol–water partition coefficient (Wildman–Crippen LogP) is 3.19. The van der Waals surface area contributed by atoms with E-state index in [0.717, 1.165) is 4.88 Å². The zero-order valence-corrected chi connectivity index (χ0v) is 11.6. The Kier molecular flexibility index (Phi) is 5.25. The number of hydrogen-bond acceptors (Lipinski definition) is 3. The van der Waals surface area contributed by atoms with E-state index in [1.807, 2.05) is 6.07 Å². The first kappa shape index (κ1) is 13.6. The van der Waals surface area contributed by atoms with E-state index in [0.29, 0.717) is 18.6 Å². The van der Waals surface area contributed by atoms with Crippen LogP contribution in [0.5, 0.6) is 0 Å². The fraction of sp³-hybridized carbons (Fsp3) is 0.600. The van der Waals surface area contributed by atoms with Gasteiger partial charge in [-0.05, 0) is 30.9 Å². The third-order valence-corrected chi connectivity index (χ3v) is 4.40. The quantitative estimate of drug-likeness (QED) is 0.850. The molecule has 0 amide bonds. The molecule has 2 unspecified atom stereocenters. The molecule has 0 bridgehead atoms. The molecule has 1 N–H and O–H groups in total. The van der Waals surface area contributed by atoms with Crippen molar-refractivity contribution in [3.05, 3.63) is 21.9 Å². The maximum Gasteiger partial charge on any atom is 0.104 e. The lowest BCUT2D eigenvalue weighted by Crippen LogP contribution is -2.25. The van der Waals surface area contributed by atoms with E-state index in [1.165, 1.54) is 30.6 Å². The molecular formula is C15H20O2S. The molecule has 1 fully saturated rings. The largest absolute Gasteiger partial charge is 0.384 e. The molecule has 18 heavy (non-hydrogen) atoms. The number of ether oxygens (including phenoxy) is 1. The van der Waals surface area contributed by atoms with Gasteiger partial charge >= 0.3 is 0 Å². The van der Waals surface area contributed by atoms with Crippen LogP contribution in [0.15, 0.2) is 12.1 Å². The topological polar surface area (TPSA) is 29.5 Å². The van der Waals surface area contributed by atoms with Gasteiger partial charge in [-0.2, -0.15) is 0 Å². The Hall–Kier alpha value is -0.820. The molecule has 0 aromatic carbocycles. The fourth-order valence-corrected chi connectivity index (χ4v) is 3.17. The molecule has 1 aliphatic rings. The van der Waals surface area contributed by atoms with Crippen LogP contribution in [0.4, 0.5) is 0 Å². The molecule has 3 heteroatoms. The van der Waals surface area contributed by atoms with E-state index in [-0.39, 0.29) is 6.61 Å². The third kappa shape index (κ3) is 3.84. The van der Waals surface area contributed by atoms with Crippen molar-refractivity contribution in [1.29, 1.82) is 0 Å². The van der Waals surface area contributed by atoms with Crippen LogP contribution in [0.2, 0.25) is 0 Å². The van der Waals surface area contributed by atoms with Crippen molar-refractivity contribution in [2.24, 2.45) is 5.92 Å². The Bertz CT molecular complexity index is 427. The van der Waals surface area contributed by atoms with E-state index in [4.69, 9.17) is 9.84 Å². The maximum atomic E-state index is 8.64. The zero-order valence-electron chi connectivity index (χ0n) is 10.8. The fourth-order valence-electron chi connectivity index (χ4n) is 2.37. The van der Waals surface area contributed by atoms with Gasteiger partial charge < -0.3 is 9.84 Å². The number of aliphatic hydroxyl groups excluding tert-OH is 1. The highest BCUT2D eigenvalue weighted by molar-refractivity contribution is 7.12. The number of hydrogen-bond donors (Lipinski definition) is 1. The molecule has 0 saturated heterocycles. The highest BCUT2D eigenvalue weighted by atomic mass is 32.1. The number of rotatable bonds is 3. The molecule has 2 atom stereocenters. The van der Waals surface area contributed by atoms with Gasteiger partial charge in [-0.15, -0.1) is 11.3 Å². The molecule has 1 aromatic heterocycles. The summed E-state index contributed by atoms with van der Waals surface area (Å²) in [4.78, 5) is 2.22. The van der Waals surface area contributed by atoms with Crippen LogP contribution in [0.3, 0.4) is 0 Å². The highest BCUT2D eigenvalue weighted by Gasteiger charge is 2.21. The third-order valence-electron chi connectivity index (χ3n) is 3.42. The number of aliphatic hydroxyl groups is 1. The van der Waals surface area contributed by atoms with Crippen LogP contribution in [-0.2, 0) is 11.3 Å². The van der Waals surface area contributed by atoms with Gasteiger partial charge in [-0.1, -0.05) is 31.6 Å². The minimum absolute atomic E-state index is 0.0800. The molecule has 0 spiro atoms. The lowest BCUT2D eigenvalue weighted by atomic mass is 9.88. The first-order valence-corrected chi connectivity index (χ1v) is 7.41. The van der Waals surface area contributed by atoms with Gasteiger partial charge in [0, 0.05) is 4.88 Å². The van der Waals surface area contributed by atoms with Crippen molar-refractivity contribution < 1.29 is 9.84 Å². The molecule has 1 aliphatic carbocycles. The van der Waals surface area contributed by atoms with Crippen LogP contribution >= 0.6 is 11.3 Å². The average Bonchev–Trinajstić information content (AvgIpc) is 2.83. The summed E-state index contributed by atoms with van der Waals surface area (Å²) in [6, 6.07) is 4.07. The second-order valence-electron chi connectivity index (χ2n) is 4.84. The van der Waals surface area contributed by atoms with E-state index in [9.17, 15) is 0 Å². The molecule has 2 nitrogen and oxygen atoms in total. The lowest BCUT2D eigenvalue weighted by molar-refractivity contribution is -0.0143. The molecular weight excluding hydrogens is 244 g/mol. The summed E-state index contributed by atoms with van der Waals surface area (Å²) in [5, 5.41) is 8.64. The normalized spacial score (nSPS) is 23.4. The summed E-state index contributed by atoms with van der Waals surface area (Å²) in [6.45, 7) is 2.90. The Morgan fingerprint density at radius 3 is 3.00 bits per heavy atom. The van der Waals surface area contributed by atoms with Gasteiger partial charge in [0.15, 0.2) is 0 Å². The Balaban J connectivity index is 1.84. The summed E-state index contributed by atoms with van der Waals surface area (Å²) < 4.78 is 6.01. The van der Waals surface area contributed by atoms with Crippen LogP contribution in [0, 0.1) is 17.8 Å². The first-order valence-electron chi connectivity index (χ1n) is 6.59. The molecule has 1 saturated carbocycles. The number of thiophene rings is 1. The minimum Gasteiger partial charge on any atom is -0.384 e. The Morgan fingerprint density at radius 2 is 2.22 bits per heavy atom. The molecule has 1 aromatic rings. The maximum absolute atomic E-state index is 8.64. The van der Waals surface area contributed by atoms with E-state index in [2.05, 4.69) is 24.8 Å². The van der Waals surface area contributed by atoms with Crippen molar-refractivity contribution in [1.82, 2.24) is 0 Å². The van der Waals surface area contributed by atoms with Gasteiger partial charge in [0.2, 0.25) is 0 Å². The molecule has 98 valence electrons. The zero-order chi connectivity index (χ0) is 12.8. The van der Waals surface area contributed by atoms with Crippen molar-refractivity contribution >= 4 is 11.3 Å². The Labute approximate surface area is 113 Å². The van der Waals surface area contributed by atoms with E-state index < -0.39 is 0 Å². The van der Waals surface area contributed by atoms with E-state index in [1.54, 1.807) is 11.3 Å². The molecule has 0 aliphatic heterocycles. The smallest absolute Gasteiger partial charge is 0.104 e. The minimum atomic E-state index is -0.0800. The van der Waals surface area contributed by atoms with Crippen molar-refractivity contribution in [3.8, 4) is 11.8 Å².